The molecule has 0 amide bonds. The maximum Gasteiger partial charge on any atom is 0.0934 e. The van der Waals surface area contributed by atoms with Crippen LogP contribution in [0.15, 0.2) is 12.3 Å². The second-order valence-corrected chi connectivity index (χ2v) is 2.68. The van der Waals surface area contributed by atoms with Crippen LogP contribution < -0.4 is 0 Å². The highest BCUT2D eigenvalue weighted by Crippen LogP contribution is 1.89. The van der Waals surface area contributed by atoms with Gasteiger partial charge in [-0.3, -0.25) is 0 Å². The smallest absolute Gasteiger partial charge is 0.0934 e. The van der Waals surface area contributed by atoms with Crippen molar-refractivity contribution < 1.29 is 9.59 Å². The van der Waals surface area contributed by atoms with E-state index in [2.05, 4.69) is 0 Å². The Bertz CT molecular complexity index is 81.0. The van der Waals surface area contributed by atoms with Crippen LogP contribution in [0, 0.1) is 0 Å². The molecule has 2 heteroatoms. The number of quaternary nitrogens is 1. The summed E-state index contributed by atoms with van der Waals surface area (Å²) in [6.07, 6.45) is 3.67. The average molecular weight is 116 g/mol. The van der Waals surface area contributed by atoms with Crippen LogP contribution in [0.5, 0.6) is 0 Å². The van der Waals surface area contributed by atoms with Crippen molar-refractivity contribution >= 4 is 0 Å². The lowest BCUT2D eigenvalue weighted by atomic mass is 10.6. The number of hydrogen-bond donors (Lipinski definition) is 1. The summed E-state index contributed by atoms with van der Waals surface area (Å²) in [5.41, 5.74) is 0. The maximum atomic E-state index is 8.33. The average Bonchev–Trinajstić information content (AvgIpc) is 1.59. The zero-order valence-corrected chi connectivity index (χ0v) is 5.76. The molecule has 2 nitrogen and oxygen atoms in total. The van der Waals surface area contributed by atoms with E-state index in [0.717, 1.165) is 4.48 Å². The van der Waals surface area contributed by atoms with Gasteiger partial charge in [-0.1, -0.05) is 0 Å². The monoisotopic (exact) mass is 116 g/mol. The first-order chi connectivity index (χ1) is 3.56. The topological polar surface area (TPSA) is 20.2 Å². The number of aliphatic hydroxyl groups is 1. The minimum Gasteiger partial charge on any atom is -0.392 e. The third-order valence-corrected chi connectivity index (χ3v) is 0.658. The minimum atomic E-state index is 0.134. The Morgan fingerprint density at radius 1 is 1.38 bits per heavy atom. The standard InChI is InChI=1S/C6H14NO/c1-7(2,3)5-4-6-8/h4-5,8H,6H2,1-3H3/q+1/b5-4+. The molecule has 8 heavy (non-hydrogen) atoms. The molecule has 0 aromatic carbocycles. The van der Waals surface area contributed by atoms with Gasteiger partial charge in [-0.15, -0.1) is 0 Å². The molecule has 0 aromatic heterocycles. The maximum absolute atomic E-state index is 8.33. The van der Waals surface area contributed by atoms with Gasteiger partial charge in [0.05, 0.1) is 33.9 Å². The van der Waals surface area contributed by atoms with Crippen LogP contribution in [-0.2, 0) is 0 Å². The van der Waals surface area contributed by atoms with Crippen molar-refractivity contribution in [2.45, 2.75) is 0 Å². The van der Waals surface area contributed by atoms with Crippen LogP contribution in [0.25, 0.3) is 0 Å². The fourth-order valence-electron chi connectivity index (χ4n) is 0.363. The second-order valence-electron chi connectivity index (χ2n) is 2.68. The molecule has 0 aromatic rings. The van der Waals surface area contributed by atoms with E-state index in [9.17, 15) is 0 Å². The quantitative estimate of drug-likeness (QED) is 0.511. The van der Waals surface area contributed by atoms with E-state index in [-0.39, 0.29) is 6.61 Å². The van der Waals surface area contributed by atoms with Crippen molar-refractivity contribution in [2.24, 2.45) is 0 Å². The summed E-state index contributed by atoms with van der Waals surface area (Å²) in [6.45, 7) is 0.134. The summed E-state index contributed by atoms with van der Waals surface area (Å²) in [7, 11) is 6.10. The Kier molecular flexibility index (Phi) is 2.72. The highest BCUT2D eigenvalue weighted by Gasteiger charge is 1.96. The molecule has 0 unspecified atom stereocenters. The third-order valence-electron chi connectivity index (χ3n) is 0.658. The van der Waals surface area contributed by atoms with Crippen LogP contribution in [0.2, 0.25) is 0 Å². The first-order valence-corrected chi connectivity index (χ1v) is 2.66. The molecule has 0 aliphatic carbocycles. The predicted octanol–water partition coefficient (Wildman–Crippen LogP) is 0.199. The molecule has 0 spiro atoms. The van der Waals surface area contributed by atoms with Crippen molar-refractivity contribution in [2.75, 3.05) is 27.7 Å². The first-order valence-electron chi connectivity index (χ1n) is 2.66. The van der Waals surface area contributed by atoms with Crippen LogP contribution in [0.4, 0.5) is 0 Å². The van der Waals surface area contributed by atoms with Gasteiger partial charge < -0.3 is 9.59 Å². The molecule has 0 aliphatic rings. The molecule has 0 rings (SSSR count). The summed E-state index contributed by atoms with van der Waals surface area (Å²) in [6, 6.07) is 0. The second kappa shape index (κ2) is 2.84. The fraction of sp³-hybridized carbons (Fsp3) is 0.667. The van der Waals surface area contributed by atoms with E-state index >= 15 is 0 Å². The lowest BCUT2D eigenvalue weighted by Crippen LogP contribution is -2.26. The van der Waals surface area contributed by atoms with Gasteiger partial charge in [0, 0.05) is 0 Å². The fourth-order valence-corrected chi connectivity index (χ4v) is 0.363. The molecule has 0 heterocycles. The van der Waals surface area contributed by atoms with Crippen molar-refractivity contribution in [3.8, 4) is 0 Å². The SMILES string of the molecule is C[N+](C)(C)/C=C/CO. The van der Waals surface area contributed by atoms with Crippen LogP contribution in [-0.4, -0.2) is 37.3 Å². The molecular formula is C6H14NO+. The largest absolute Gasteiger partial charge is 0.392 e. The van der Waals surface area contributed by atoms with E-state index in [0.29, 0.717) is 0 Å². The number of aliphatic hydroxyl groups excluding tert-OH is 1. The molecule has 0 bridgehead atoms. The number of hydrogen-bond acceptors (Lipinski definition) is 1. The van der Waals surface area contributed by atoms with Crippen LogP contribution >= 0.6 is 0 Å². The molecule has 0 fully saturated rings. The first kappa shape index (κ1) is 7.66. The number of nitrogens with zero attached hydrogens (tertiary/aromatic N) is 1. The summed E-state index contributed by atoms with van der Waals surface area (Å²) >= 11 is 0. The molecule has 0 atom stereocenters. The highest BCUT2D eigenvalue weighted by molar-refractivity contribution is 4.70. The van der Waals surface area contributed by atoms with E-state index in [1.807, 2.05) is 27.3 Å². The van der Waals surface area contributed by atoms with Crippen LogP contribution in [0.3, 0.4) is 0 Å². The van der Waals surface area contributed by atoms with Crippen molar-refractivity contribution in [3.05, 3.63) is 12.3 Å². The van der Waals surface area contributed by atoms with Gasteiger partial charge in [-0.05, 0) is 6.08 Å². The van der Waals surface area contributed by atoms with Gasteiger partial charge in [0.15, 0.2) is 0 Å². The Balaban J connectivity index is 3.52. The van der Waals surface area contributed by atoms with E-state index in [4.69, 9.17) is 5.11 Å². The van der Waals surface area contributed by atoms with Crippen molar-refractivity contribution in [3.63, 3.8) is 0 Å². The summed E-state index contributed by atoms with van der Waals surface area (Å²) in [5, 5.41) is 8.33. The lowest BCUT2D eigenvalue weighted by molar-refractivity contribution is -0.817. The third kappa shape index (κ3) is 5.66. The molecule has 0 radical (unpaired) electrons. The Morgan fingerprint density at radius 2 is 1.88 bits per heavy atom. The summed E-state index contributed by atoms with van der Waals surface area (Å²) < 4.78 is 0.764. The van der Waals surface area contributed by atoms with Crippen molar-refractivity contribution in [1.82, 2.24) is 0 Å². The Hall–Kier alpha value is -0.340. The van der Waals surface area contributed by atoms with E-state index in [1.54, 1.807) is 6.08 Å². The molecule has 0 saturated heterocycles. The van der Waals surface area contributed by atoms with Gasteiger partial charge in [0.1, 0.15) is 0 Å². The van der Waals surface area contributed by atoms with E-state index < -0.39 is 0 Å². The van der Waals surface area contributed by atoms with Gasteiger partial charge in [0.25, 0.3) is 0 Å². The molecule has 0 aliphatic heterocycles. The van der Waals surface area contributed by atoms with Crippen LogP contribution in [0.1, 0.15) is 0 Å². The molecule has 48 valence electrons. The predicted molar refractivity (Wildman–Crippen MR) is 34.3 cm³/mol. The van der Waals surface area contributed by atoms with E-state index in [1.165, 1.54) is 0 Å². The van der Waals surface area contributed by atoms with Crippen molar-refractivity contribution in [1.29, 1.82) is 0 Å². The Morgan fingerprint density at radius 3 is 2.00 bits per heavy atom. The summed E-state index contributed by atoms with van der Waals surface area (Å²) in [5.74, 6) is 0. The molecule has 0 saturated carbocycles. The van der Waals surface area contributed by atoms with Gasteiger partial charge in [-0.25, -0.2) is 0 Å². The number of rotatable bonds is 2. The van der Waals surface area contributed by atoms with Gasteiger partial charge in [-0.2, -0.15) is 0 Å². The van der Waals surface area contributed by atoms with Gasteiger partial charge >= 0.3 is 0 Å². The van der Waals surface area contributed by atoms with Gasteiger partial charge in [0.2, 0.25) is 0 Å². The normalized spacial score (nSPS) is 13.0. The Labute approximate surface area is 50.6 Å². The highest BCUT2D eigenvalue weighted by atomic mass is 16.2. The molecule has 1 N–H and O–H groups in total. The summed E-state index contributed by atoms with van der Waals surface area (Å²) in [4.78, 5) is 0. The lowest BCUT2D eigenvalue weighted by Gasteiger charge is -2.16. The zero-order valence-electron chi connectivity index (χ0n) is 5.76. The zero-order chi connectivity index (χ0) is 6.62. The molecular weight excluding hydrogens is 102 g/mol. The minimum absolute atomic E-state index is 0.134.